The predicted octanol–water partition coefficient (Wildman–Crippen LogP) is 2.53. The van der Waals surface area contributed by atoms with Crippen molar-refractivity contribution in [1.82, 2.24) is 4.98 Å². The highest BCUT2D eigenvalue weighted by Crippen LogP contribution is 2.31. The molecule has 2 heterocycles. The lowest BCUT2D eigenvalue weighted by atomic mass is 10.5. The molecule has 1 aliphatic rings. The lowest BCUT2D eigenvalue weighted by Gasteiger charge is -2.48. The maximum atomic E-state index is 4.28. The zero-order chi connectivity index (χ0) is 8.60. The Kier molecular flexibility index (Phi) is 2.08. The van der Waals surface area contributed by atoms with Crippen LogP contribution in [-0.4, -0.2) is 13.1 Å². The van der Waals surface area contributed by atoms with Crippen molar-refractivity contribution in [1.29, 1.82) is 0 Å². The summed E-state index contributed by atoms with van der Waals surface area (Å²) in [6, 6.07) is 7.21. The molecule has 0 atom stereocenters. The summed E-state index contributed by atoms with van der Waals surface area (Å²) in [6.07, 6.45) is 3.48. The number of pyridine rings is 1. The predicted molar refractivity (Wildman–Crippen MR) is 57.4 cm³/mol. The molecule has 1 aliphatic heterocycles. The molecule has 3 heteroatoms. The van der Waals surface area contributed by atoms with E-state index in [2.05, 4.69) is 45.8 Å². The maximum absolute atomic E-state index is 4.28. The van der Waals surface area contributed by atoms with Crippen LogP contribution in [-0.2, 0) is 0 Å². The largest absolute Gasteiger partial charge is 0.252 e. The van der Waals surface area contributed by atoms with Crippen LogP contribution in [0.5, 0.6) is 0 Å². The Labute approximate surface area is 82.4 Å². The van der Waals surface area contributed by atoms with Gasteiger partial charge in [-0.25, -0.2) is 0 Å². The molecule has 0 aliphatic carbocycles. The smallest absolute Gasteiger partial charge is 0.105 e. The van der Waals surface area contributed by atoms with E-state index in [4.69, 9.17) is 0 Å². The van der Waals surface area contributed by atoms with Gasteiger partial charge in [0.1, 0.15) is 4.60 Å². The highest BCUT2D eigenvalue weighted by molar-refractivity contribution is 9.10. The molecule has 0 spiro atoms. The van der Waals surface area contributed by atoms with Crippen molar-refractivity contribution >= 4 is 29.2 Å². The zero-order valence-corrected chi connectivity index (χ0v) is 9.76. The molecule has 2 rings (SSSR count). The third-order valence-electron chi connectivity index (χ3n) is 2.88. The van der Waals surface area contributed by atoms with Gasteiger partial charge in [-0.2, -0.15) is 23.8 Å². The summed E-state index contributed by atoms with van der Waals surface area (Å²) in [4.78, 5) is 4.28. The van der Waals surface area contributed by atoms with Crippen LogP contribution in [0.3, 0.4) is 0 Å². The molecule has 0 radical (unpaired) electrons. The van der Waals surface area contributed by atoms with Gasteiger partial charge < -0.3 is 0 Å². The summed E-state index contributed by atoms with van der Waals surface area (Å²) < 4.78 is 0.947. The molecule has 65 valence electrons. The minimum atomic E-state index is -0.979. The highest BCUT2D eigenvalue weighted by Gasteiger charge is 2.23. The molecule has 1 fully saturated rings. The van der Waals surface area contributed by atoms with Crippen molar-refractivity contribution in [3.63, 3.8) is 0 Å². The average molecular weight is 242 g/mol. The normalized spacial score (nSPS) is 20.2. The molecular formula is C9H12BrNSi-. The van der Waals surface area contributed by atoms with Crippen molar-refractivity contribution in [2.24, 2.45) is 0 Å². The molecule has 1 aromatic heterocycles. The van der Waals surface area contributed by atoms with Gasteiger partial charge in [-0.1, -0.05) is 6.07 Å². The molecule has 0 aromatic carbocycles. The van der Waals surface area contributed by atoms with Gasteiger partial charge in [0.2, 0.25) is 0 Å². The fourth-order valence-corrected chi connectivity index (χ4v) is 4.82. The van der Waals surface area contributed by atoms with Crippen molar-refractivity contribution in [3.05, 3.63) is 22.9 Å². The number of hydrogen-bond acceptors (Lipinski definition) is 1. The van der Waals surface area contributed by atoms with Gasteiger partial charge in [0, 0.05) is 0 Å². The Morgan fingerprint density at radius 2 is 2.17 bits per heavy atom. The fraction of sp³-hybridized carbons (Fsp3) is 0.444. The summed E-state index contributed by atoms with van der Waals surface area (Å²) in [7, 11) is -0.979. The maximum Gasteiger partial charge on any atom is 0.105 e. The molecule has 0 bridgehead atoms. The van der Waals surface area contributed by atoms with Crippen LogP contribution in [0, 0.1) is 0 Å². The van der Waals surface area contributed by atoms with Crippen molar-refractivity contribution in [3.8, 4) is 0 Å². The molecule has 0 unspecified atom stereocenters. The van der Waals surface area contributed by atoms with Gasteiger partial charge in [0.25, 0.3) is 0 Å². The second-order valence-corrected chi connectivity index (χ2v) is 9.29. The van der Waals surface area contributed by atoms with E-state index in [-0.39, 0.29) is 0 Å². The zero-order valence-electron chi connectivity index (χ0n) is 7.18. The number of hydrogen-bond donors (Lipinski definition) is 0. The first-order chi connectivity index (χ1) is 5.71. The van der Waals surface area contributed by atoms with Crippen molar-refractivity contribution in [2.75, 3.05) is 0 Å². The first kappa shape index (κ1) is 8.45. The number of rotatable bonds is 1. The molecule has 1 nitrogen and oxygen atoms in total. The van der Waals surface area contributed by atoms with E-state index in [1.807, 2.05) is 0 Å². The van der Waals surface area contributed by atoms with Gasteiger partial charge in [-0.3, -0.25) is 4.98 Å². The topological polar surface area (TPSA) is 12.9 Å². The van der Waals surface area contributed by atoms with E-state index in [0.29, 0.717) is 0 Å². The van der Waals surface area contributed by atoms with Gasteiger partial charge in [0.15, 0.2) is 0 Å². The Bertz CT molecular complexity index is 279. The molecule has 0 N–H and O–H groups in total. The van der Waals surface area contributed by atoms with Gasteiger partial charge in [-0.05, 0) is 28.2 Å². The SMILES string of the molecule is C[Si-]1(c2ccc(Br)nc2)CCC1. The Morgan fingerprint density at radius 1 is 1.42 bits per heavy atom. The fourth-order valence-electron chi connectivity index (χ4n) is 1.73. The molecule has 0 saturated carbocycles. The van der Waals surface area contributed by atoms with Crippen LogP contribution in [0.2, 0.25) is 18.6 Å². The lowest BCUT2D eigenvalue weighted by Crippen LogP contribution is -2.50. The quantitative estimate of drug-likeness (QED) is 0.544. The number of nitrogens with zero attached hydrogens (tertiary/aromatic N) is 1. The molecule has 1 saturated heterocycles. The Hall–Kier alpha value is -0.153. The molecule has 1 aromatic rings. The number of halogens is 1. The summed E-state index contributed by atoms with van der Waals surface area (Å²) in [6.45, 7) is 2.46. The van der Waals surface area contributed by atoms with Crippen LogP contribution < -0.4 is 5.19 Å². The van der Waals surface area contributed by atoms with Gasteiger partial charge >= 0.3 is 0 Å². The Morgan fingerprint density at radius 3 is 2.58 bits per heavy atom. The number of aromatic nitrogens is 1. The first-order valence-electron chi connectivity index (χ1n) is 4.33. The second-order valence-electron chi connectivity index (χ2n) is 3.78. The summed E-state index contributed by atoms with van der Waals surface area (Å²) >= 11 is 3.36. The molecule has 0 amide bonds. The van der Waals surface area contributed by atoms with Gasteiger partial charge in [0.05, 0.1) is 0 Å². The van der Waals surface area contributed by atoms with Crippen LogP contribution in [0.4, 0.5) is 0 Å². The van der Waals surface area contributed by atoms with Crippen LogP contribution >= 0.6 is 15.9 Å². The molecular weight excluding hydrogens is 230 g/mol. The standard InChI is InChI=1S/C9H12BrNSi/c1-12(5-2-6-12)8-3-4-9(10)11-7-8/h3-4,7H,2,5-6H2,1H3/q-1. The van der Waals surface area contributed by atoms with Crippen LogP contribution in [0.1, 0.15) is 6.42 Å². The minimum Gasteiger partial charge on any atom is -0.252 e. The van der Waals surface area contributed by atoms with E-state index >= 15 is 0 Å². The first-order valence-corrected chi connectivity index (χ1v) is 8.03. The van der Waals surface area contributed by atoms with Crippen molar-refractivity contribution < 1.29 is 0 Å². The van der Waals surface area contributed by atoms with E-state index < -0.39 is 8.07 Å². The minimum absolute atomic E-state index is 0.947. The Balaban J connectivity index is 2.28. The van der Waals surface area contributed by atoms with Gasteiger partial charge in [-0.15, -0.1) is 14.5 Å². The van der Waals surface area contributed by atoms with Crippen LogP contribution in [0.15, 0.2) is 22.9 Å². The van der Waals surface area contributed by atoms with E-state index in [9.17, 15) is 0 Å². The van der Waals surface area contributed by atoms with E-state index in [1.165, 1.54) is 23.7 Å². The average Bonchev–Trinajstić information content (AvgIpc) is 2.02. The van der Waals surface area contributed by atoms with E-state index in [0.717, 1.165) is 4.60 Å². The summed E-state index contributed by atoms with van der Waals surface area (Å²) in [5.74, 6) is 0. The van der Waals surface area contributed by atoms with Crippen LogP contribution in [0.25, 0.3) is 0 Å². The third-order valence-corrected chi connectivity index (χ3v) is 7.95. The second kappa shape index (κ2) is 2.96. The van der Waals surface area contributed by atoms with Crippen molar-refractivity contribution in [2.45, 2.75) is 25.1 Å². The monoisotopic (exact) mass is 241 g/mol. The highest BCUT2D eigenvalue weighted by atomic mass is 79.9. The summed E-state index contributed by atoms with van der Waals surface area (Å²) in [5, 5.41) is 1.52. The molecule has 12 heavy (non-hydrogen) atoms. The third kappa shape index (κ3) is 1.36. The van der Waals surface area contributed by atoms with E-state index in [1.54, 1.807) is 0 Å². The summed E-state index contributed by atoms with van der Waals surface area (Å²) in [5.41, 5.74) is 0. The lowest BCUT2D eigenvalue weighted by molar-refractivity contribution is 0.916.